The second kappa shape index (κ2) is 10.4. The number of hydrogen-bond acceptors (Lipinski definition) is 7. The van der Waals surface area contributed by atoms with Crippen LogP contribution in [0.15, 0.2) is 65.8 Å². The summed E-state index contributed by atoms with van der Waals surface area (Å²) >= 11 is 5.80. The molecule has 0 amide bonds. The van der Waals surface area contributed by atoms with E-state index in [9.17, 15) is 26.0 Å². The third-order valence-corrected chi connectivity index (χ3v) is 6.65. The molecular weight excluding hydrogens is 540 g/mol. The van der Waals surface area contributed by atoms with Gasteiger partial charge >= 0.3 is 6.18 Å². The summed E-state index contributed by atoms with van der Waals surface area (Å²) in [5.41, 5.74) is -0.424. The first-order valence-electron chi connectivity index (χ1n) is 10.4. The first kappa shape index (κ1) is 26.5. The molecule has 3 N–H and O–H groups in total. The van der Waals surface area contributed by atoms with Crippen molar-refractivity contribution in [2.45, 2.75) is 11.1 Å². The minimum atomic E-state index is -4.71. The number of nitrogens with zero attached hydrogens (tertiary/aromatic N) is 4. The van der Waals surface area contributed by atoms with Crippen LogP contribution in [-0.2, 0) is 16.2 Å². The lowest BCUT2D eigenvalue weighted by atomic mass is 10.1. The molecule has 4 rings (SSSR count). The normalized spacial score (nSPS) is 12.1. The molecule has 0 aliphatic rings. The van der Waals surface area contributed by atoms with E-state index in [0.29, 0.717) is 5.69 Å². The van der Waals surface area contributed by atoms with Crippen molar-refractivity contribution in [1.29, 1.82) is 0 Å². The Labute approximate surface area is 212 Å². The van der Waals surface area contributed by atoms with Crippen LogP contribution in [-0.4, -0.2) is 46.4 Å². The van der Waals surface area contributed by atoms with Crippen molar-refractivity contribution in [2.24, 2.45) is 0 Å². The summed E-state index contributed by atoms with van der Waals surface area (Å²) in [6, 6.07) is 10.1. The minimum Gasteiger partial charge on any atom is -0.395 e. The Balaban J connectivity index is 1.81. The lowest BCUT2D eigenvalue weighted by molar-refractivity contribution is -0.141. The van der Waals surface area contributed by atoms with Gasteiger partial charge in [0.1, 0.15) is 5.82 Å². The van der Waals surface area contributed by atoms with Gasteiger partial charge in [-0.25, -0.2) is 27.2 Å². The second-order valence-electron chi connectivity index (χ2n) is 7.48. The molecule has 0 saturated carbocycles. The molecule has 2 aromatic carbocycles. The summed E-state index contributed by atoms with van der Waals surface area (Å²) in [5.74, 6) is -0.818. The van der Waals surface area contributed by atoms with Crippen LogP contribution in [0, 0.1) is 5.82 Å². The first-order valence-corrected chi connectivity index (χ1v) is 12.3. The van der Waals surface area contributed by atoms with Gasteiger partial charge < -0.3 is 10.4 Å². The zero-order chi connectivity index (χ0) is 26.8. The molecule has 0 saturated heterocycles. The molecule has 2 heterocycles. The molecule has 0 unspecified atom stereocenters. The Kier molecular flexibility index (Phi) is 7.45. The summed E-state index contributed by atoms with van der Waals surface area (Å²) in [4.78, 5) is 8.30. The smallest absolute Gasteiger partial charge is 0.395 e. The van der Waals surface area contributed by atoms with E-state index in [0.717, 1.165) is 23.0 Å². The molecule has 0 atom stereocenters. The molecule has 0 bridgehead atoms. The average Bonchev–Trinajstić information content (AvgIpc) is 3.36. The van der Waals surface area contributed by atoms with Crippen LogP contribution < -0.4 is 10.0 Å². The number of hydrogen-bond donors (Lipinski definition) is 3. The summed E-state index contributed by atoms with van der Waals surface area (Å²) in [5, 5.41) is 15.1. The molecule has 0 spiro atoms. The summed E-state index contributed by atoms with van der Waals surface area (Å²) in [6.45, 7) is -0.617. The highest BCUT2D eigenvalue weighted by Gasteiger charge is 2.34. The van der Waals surface area contributed by atoms with Gasteiger partial charge in [0.2, 0.25) is 16.0 Å². The van der Waals surface area contributed by atoms with Crippen molar-refractivity contribution < 1.29 is 31.1 Å². The van der Waals surface area contributed by atoms with Crippen molar-refractivity contribution in [1.82, 2.24) is 24.5 Å². The van der Waals surface area contributed by atoms with Crippen LogP contribution in [0.5, 0.6) is 0 Å². The average molecular weight is 557 g/mol. The van der Waals surface area contributed by atoms with Gasteiger partial charge in [0.05, 0.1) is 16.5 Å². The number of nitrogens with one attached hydrogen (secondary N) is 2. The summed E-state index contributed by atoms with van der Waals surface area (Å²) in [7, 11) is -3.98. The van der Waals surface area contributed by atoms with E-state index in [2.05, 4.69) is 25.1 Å². The number of halogens is 5. The highest BCUT2D eigenvalue weighted by molar-refractivity contribution is 7.89. The Morgan fingerprint density at radius 2 is 1.89 bits per heavy atom. The van der Waals surface area contributed by atoms with E-state index in [1.54, 1.807) is 0 Å². The van der Waals surface area contributed by atoms with Gasteiger partial charge in [-0.3, -0.25) is 0 Å². The molecule has 0 aliphatic heterocycles. The van der Waals surface area contributed by atoms with Crippen molar-refractivity contribution >= 4 is 33.3 Å². The molecule has 0 fully saturated rings. The van der Waals surface area contributed by atoms with Gasteiger partial charge in [-0.2, -0.15) is 23.3 Å². The van der Waals surface area contributed by atoms with E-state index in [1.807, 2.05) is 0 Å². The maximum Gasteiger partial charge on any atom is 0.435 e. The number of sulfonamides is 1. The lowest BCUT2D eigenvalue weighted by Crippen LogP contribution is -2.26. The van der Waals surface area contributed by atoms with Crippen molar-refractivity contribution in [3.63, 3.8) is 0 Å². The SMILES string of the molecule is O=S(=O)(NCCO)c1cccc(-c2cnc(Nc3ccc(F)c(Cl)c3)nc2-n2ccc(C(F)(F)F)n2)c1. The van der Waals surface area contributed by atoms with Gasteiger partial charge in [-0.1, -0.05) is 23.7 Å². The molecule has 15 heteroatoms. The standard InChI is InChI=1S/C22H17ClF4N6O3S/c23-17-11-14(4-5-18(17)24)30-21-28-12-16(20(31-21)33-8-6-19(32-33)22(25,26)27)13-2-1-3-15(10-13)37(35,36)29-7-9-34/h1-6,8,10-12,29,34H,7,9H2,(H,28,30,31). The number of aliphatic hydroxyl groups excluding tert-OH is 1. The monoisotopic (exact) mass is 556 g/mol. The molecule has 194 valence electrons. The van der Waals surface area contributed by atoms with E-state index >= 15 is 0 Å². The largest absolute Gasteiger partial charge is 0.435 e. The second-order valence-corrected chi connectivity index (χ2v) is 9.65. The van der Waals surface area contributed by atoms with Crippen LogP contribution in [0.1, 0.15) is 5.69 Å². The van der Waals surface area contributed by atoms with Crippen molar-refractivity contribution in [3.8, 4) is 16.9 Å². The number of alkyl halides is 3. The van der Waals surface area contributed by atoms with E-state index < -0.39 is 34.3 Å². The Morgan fingerprint density at radius 3 is 2.57 bits per heavy atom. The number of aromatic nitrogens is 4. The molecule has 37 heavy (non-hydrogen) atoms. The molecular formula is C22H17ClF4N6O3S. The van der Waals surface area contributed by atoms with Crippen molar-refractivity contribution in [2.75, 3.05) is 18.5 Å². The van der Waals surface area contributed by atoms with Gasteiger partial charge in [0.25, 0.3) is 0 Å². The van der Waals surface area contributed by atoms with E-state index in [1.165, 1.54) is 42.6 Å². The molecule has 2 aromatic heterocycles. The third kappa shape index (κ3) is 6.05. The predicted molar refractivity (Wildman–Crippen MR) is 127 cm³/mol. The first-order chi connectivity index (χ1) is 17.5. The number of anilines is 2. The Hall–Kier alpha value is -3.59. The van der Waals surface area contributed by atoms with Crippen LogP contribution in [0.2, 0.25) is 5.02 Å². The van der Waals surface area contributed by atoms with Gasteiger partial charge in [0, 0.05) is 30.2 Å². The van der Waals surface area contributed by atoms with Crippen molar-refractivity contribution in [3.05, 3.63) is 77.5 Å². The predicted octanol–water partition coefficient (Wildman–Crippen LogP) is 4.15. The maximum absolute atomic E-state index is 13.5. The molecule has 4 aromatic rings. The lowest BCUT2D eigenvalue weighted by Gasteiger charge is -2.13. The summed E-state index contributed by atoms with van der Waals surface area (Å²) in [6.07, 6.45) is -2.38. The number of benzene rings is 2. The number of rotatable bonds is 8. The maximum atomic E-state index is 13.5. The molecule has 0 radical (unpaired) electrons. The fourth-order valence-corrected chi connectivity index (χ4v) is 4.45. The minimum absolute atomic E-state index is 0.0705. The van der Waals surface area contributed by atoms with E-state index in [4.69, 9.17) is 16.7 Å². The fourth-order valence-electron chi connectivity index (χ4n) is 3.20. The molecule has 0 aliphatic carbocycles. The van der Waals surface area contributed by atoms with Crippen LogP contribution >= 0.6 is 11.6 Å². The Bertz CT molecular complexity index is 1550. The van der Waals surface area contributed by atoms with Gasteiger partial charge in [0.15, 0.2) is 11.5 Å². The molecule has 9 nitrogen and oxygen atoms in total. The van der Waals surface area contributed by atoms with Crippen LogP contribution in [0.4, 0.5) is 29.2 Å². The zero-order valence-corrected chi connectivity index (χ0v) is 20.1. The van der Waals surface area contributed by atoms with Gasteiger partial charge in [-0.05, 0) is 42.0 Å². The summed E-state index contributed by atoms with van der Waals surface area (Å²) < 4.78 is 81.2. The van der Waals surface area contributed by atoms with Crippen LogP contribution in [0.3, 0.4) is 0 Å². The van der Waals surface area contributed by atoms with E-state index in [-0.39, 0.29) is 39.4 Å². The zero-order valence-electron chi connectivity index (χ0n) is 18.5. The topological polar surface area (TPSA) is 122 Å². The highest BCUT2D eigenvalue weighted by atomic mass is 35.5. The quantitative estimate of drug-likeness (QED) is 0.279. The fraction of sp³-hybridized carbons (Fsp3) is 0.136. The Morgan fingerprint density at radius 1 is 1.11 bits per heavy atom. The third-order valence-electron chi connectivity index (χ3n) is 4.90. The van der Waals surface area contributed by atoms with Crippen LogP contribution in [0.25, 0.3) is 16.9 Å². The van der Waals surface area contributed by atoms with Gasteiger partial charge in [-0.15, -0.1) is 0 Å². The number of aliphatic hydroxyl groups is 1. The highest BCUT2D eigenvalue weighted by Crippen LogP contribution is 2.31.